The van der Waals surface area contributed by atoms with Crippen molar-refractivity contribution in [2.24, 2.45) is 0 Å². The highest BCUT2D eigenvalue weighted by molar-refractivity contribution is 7.89. The Morgan fingerprint density at radius 2 is 1.61 bits per heavy atom. The van der Waals surface area contributed by atoms with Gasteiger partial charge in [-0.1, -0.05) is 6.07 Å². The van der Waals surface area contributed by atoms with Gasteiger partial charge in [0, 0.05) is 11.8 Å². The molecule has 1 amide bonds. The molecule has 28 heavy (non-hydrogen) atoms. The van der Waals surface area contributed by atoms with Gasteiger partial charge in [0.15, 0.2) is 11.5 Å². The molecule has 0 bridgehead atoms. The zero-order chi connectivity index (χ0) is 20.6. The highest BCUT2D eigenvalue weighted by Crippen LogP contribution is 2.34. The van der Waals surface area contributed by atoms with Gasteiger partial charge in [0.05, 0.1) is 10.9 Å². The van der Waals surface area contributed by atoms with Crippen molar-refractivity contribution in [1.82, 2.24) is 4.72 Å². The molecular weight excluding hydrogens is 380 g/mol. The van der Waals surface area contributed by atoms with Gasteiger partial charge in [-0.25, -0.2) is 8.42 Å². The third-order valence-electron chi connectivity index (χ3n) is 4.93. The van der Waals surface area contributed by atoms with Crippen LogP contribution in [-0.2, 0) is 14.8 Å². The first kappa shape index (κ1) is 20.2. The number of hydrogen-bond donors (Lipinski definition) is 2. The number of carbonyl (C=O) groups is 1. The second-order valence-electron chi connectivity index (χ2n) is 6.99. The number of rotatable bonds is 5. The maximum atomic E-state index is 13.0. The van der Waals surface area contributed by atoms with Crippen molar-refractivity contribution in [3.05, 3.63) is 46.5 Å². The maximum Gasteiger partial charge on any atom is 0.242 e. The number of fused-ring (bicyclic) bond motifs is 1. The Kier molecular flexibility index (Phi) is 5.36. The monoisotopic (exact) mass is 404 g/mol. The SMILES string of the molecule is Cc1cc(C)c(C)c(S(=O)(=O)N[C@@H](C)C(=O)Nc2ccc3c(c2)OCO3)c1C. The van der Waals surface area contributed by atoms with E-state index < -0.39 is 22.0 Å². The van der Waals surface area contributed by atoms with Gasteiger partial charge in [0.1, 0.15) is 0 Å². The summed E-state index contributed by atoms with van der Waals surface area (Å²) in [5.41, 5.74) is 3.64. The van der Waals surface area contributed by atoms with E-state index in [1.807, 2.05) is 19.9 Å². The predicted molar refractivity (Wildman–Crippen MR) is 106 cm³/mol. The summed E-state index contributed by atoms with van der Waals surface area (Å²) in [7, 11) is -3.87. The van der Waals surface area contributed by atoms with Gasteiger partial charge in [0.2, 0.25) is 22.7 Å². The van der Waals surface area contributed by atoms with E-state index in [9.17, 15) is 13.2 Å². The second-order valence-corrected chi connectivity index (χ2v) is 8.64. The molecule has 2 N–H and O–H groups in total. The lowest BCUT2D eigenvalue weighted by molar-refractivity contribution is -0.117. The Labute approximate surface area is 165 Å². The normalized spacial score (nSPS) is 14.0. The van der Waals surface area contributed by atoms with Crippen LogP contribution in [0.2, 0.25) is 0 Å². The van der Waals surface area contributed by atoms with Crippen LogP contribution in [0.4, 0.5) is 5.69 Å². The minimum absolute atomic E-state index is 0.136. The number of nitrogens with one attached hydrogen (secondary N) is 2. The number of hydrogen-bond acceptors (Lipinski definition) is 5. The molecule has 8 heteroatoms. The predicted octanol–water partition coefficient (Wildman–Crippen LogP) is 2.95. The molecule has 0 radical (unpaired) electrons. The summed E-state index contributed by atoms with van der Waals surface area (Å²) in [6, 6.07) is 5.99. The Bertz CT molecular complexity index is 1020. The molecule has 0 spiro atoms. The van der Waals surface area contributed by atoms with E-state index in [-0.39, 0.29) is 11.7 Å². The first-order chi connectivity index (χ1) is 13.1. The summed E-state index contributed by atoms with van der Waals surface area (Å²) < 4.78 is 38.9. The molecule has 0 fully saturated rings. The molecular formula is C20H24N2O5S. The van der Waals surface area contributed by atoms with E-state index in [4.69, 9.17) is 9.47 Å². The zero-order valence-corrected chi connectivity index (χ0v) is 17.4. The van der Waals surface area contributed by atoms with Gasteiger partial charge >= 0.3 is 0 Å². The molecule has 0 saturated carbocycles. The number of amides is 1. The van der Waals surface area contributed by atoms with Crippen LogP contribution < -0.4 is 19.5 Å². The summed E-state index contributed by atoms with van der Waals surface area (Å²) in [5, 5.41) is 2.70. The topological polar surface area (TPSA) is 93.7 Å². The molecule has 0 unspecified atom stereocenters. The minimum atomic E-state index is -3.87. The van der Waals surface area contributed by atoms with Crippen LogP contribution in [-0.4, -0.2) is 27.2 Å². The van der Waals surface area contributed by atoms with Gasteiger partial charge in [0.25, 0.3) is 0 Å². The smallest absolute Gasteiger partial charge is 0.242 e. The fourth-order valence-electron chi connectivity index (χ4n) is 3.15. The number of benzene rings is 2. The molecule has 7 nitrogen and oxygen atoms in total. The summed E-state index contributed by atoms with van der Waals surface area (Å²) in [6.45, 7) is 8.93. The summed E-state index contributed by atoms with van der Waals surface area (Å²) >= 11 is 0. The number of ether oxygens (including phenoxy) is 2. The molecule has 0 aliphatic carbocycles. The van der Waals surface area contributed by atoms with Crippen LogP contribution in [0, 0.1) is 27.7 Å². The molecule has 0 aromatic heterocycles. The van der Waals surface area contributed by atoms with Gasteiger partial charge in [-0.2, -0.15) is 4.72 Å². The van der Waals surface area contributed by atoms with Crippen LogP contribution in [0.1, 0.15) is 29.2 Å². The van der Waals surface area contributed by atoms with Crippen LogP contribution >= 0.6 is 0 Å². The van der Waals surface area contributed by atoms with Crippen LogP contribution in [0.25, 0.3) is 0 Å². The van der Waals surface area contributed by atoms with Gasteiger partial charge in [-0.3, -0.25) is 4.79 Å². The molecule has 2 aromatic rings. The van der Waals surface area contributed by atoms with Crippen LogP contribution in [0.5, 0.6) is 11.5 Å². The van der Waals surface area contributed by atoms with E-state index in [2.05, 4.69) is 10.0 Å². The van der Waals surface area contributed by atoms with Gasteiger partial charge in [-0.15, -0.1) is 0 Å². The average Bonchev–Trinajstić information content (AvgIpc) is 3.07. The third-order valence-corrected chi connectivity index (χ3v) is 6.74. The third kappa shape index (κ3) is 3.83. The van der Waals surface area contributed by atoms with Crippen LogP contribution in [0.3, 0.4) is 0 Å². The highest BCUT2D eigenvalue weighted by Gasteiger charge is 2.27. The van der Waals surface area contributed by atoms with Crippen molar-refractivity contribution in [1.29, 1.82) is 0 Å². The lowest BCUT2D eigenvalue weighted by Gasteiger charge is -2.19. The van der Waals surface area contributed by atoms with Crippen molar-refractivity contribution in [2.45, 2.75) is 45.6 Å². The summed E-state index contributed by atoms with van der Waals surface area (Å²) in [6.07, 6.45) is 0. The van der Waals surface area contributed by atoms with Crippen molar-refractivity contribution in [3.63, 3.8) is 0 Å². The van der Waals surface area contributed by atoms with E-state index in [1.54, 1.807) is 32.0 Å². The molecule has 3 rings (SSSR count). The molecule has 1 atom stereocenters. The Balaban J connectivity index is 1.78. The van der Waals surface area contributed by atoms with Gasteiger partial charge in [-0.05, 0) is 69.0 Å². The van der Waals surface area contributed by atoms with Crippen LogP contribution in [0.15, 0.2) is 29.2 Å². The lowest BCUT2D eigenvalue weighted by Crippen LogP contribution is -2.42. The molecule has 1 aliphatic heterocycles. The highest BCUT2D eigenvalue weighted by atomic mass is 32.2. The fourth-order valence-corrected chi connectivity index (χ4v) is 4.97. The van der Waals surface area contributed by atoms with E-state index >= 15 is 0 Å². The first-order valence-electron chi connectivity index (χ1n) is 8.90. The molecule has 150 valence electrons. The number of aryl methyl sites for hydroxylation is 2. The standard InChI is InChI=1S/C20H24N2O5S/c1-11-8-12(2)14(4)19(13(11)3)28(24,25)22-15(5)20(23)21-16-6-7-17-18(9-16)27-10-26-17/h6-9,15,22H,10H2,1-5H3,(H,21,23)/t15-/m0/s1. The zero-order valence-electron chi connectivity index (χ0n) is 16.5. The van der Waals surface area contributed by atoms with E-state index in [0.717, 1.165) is 11.1 Å². The number of anilines is 1. The molecule has 0 saturated heterocycles. The Morgan fingerprint density at radius 1 is 1.00 bits per heavy atom. The molecule has 1 aliphatic rings. The maximum absolute atomic E-state index is 13.0. The number of sulfonamides is 1. The van der Waals surface area contributed by atoms with E-state index in [0.29, 0.717) is 28.3 Å². The summed E-state index contributed by atoms with van der Waals surface area (Å²) in [4.78, 5) is 12.7. The van der Waals surface area contributed by atoms with Crippen molar-refractivity contribution >= 4 is 21.6 Å². The average molecular weight is 404 g/mol. The lowest BCUT2D eigenvalue weighted by atomic mass is 10.0. The largest absolute Gasteiger partial charge is 0.454 e. The van der Waals surface area contributed by atoms with Crippen molar-refractivity contribution in [3.8, 4) is 11.5 Å². The second kappa shape index (κ2) is 7.44. The fraction of sp³-hybridized carbons (Fsp3) is 0.350. The Morgan fingerprint density at radius 3 is 2.25 bits per heavy atom. The minimum Gasteiger partial charge on any atom is -0.454 e. The van der Waals surface area contributed by atoms with E-state index in [1.165, 1.54) is 6.92 Å². The van der Waals surface area contributed by atoms with Gasteiger partial charge < -0.3 is 14.8 Å². The Hall–Kier alpha value is -2.58. The first-order valence-corrected chi connectivity index (χ1v) is 10.4. The van der Waals surface area contributed by atoms with Crippen molar-refractivity contribution < 1.29 is 22.7 Å². The quantitative estimate of drug-likeness (QED) is 0.799. The molecule has 1 heterocycles. The summed E-state index contributed by atoms with van der Waals surface area (Å²) in [5.74, 6) is 0.669. The molecule has 2 aromatic carbocycles. The number of carbonyl (C=O) groups excluding carboxylic acids is 1. The van der Waals surface area contributed by atoms with Crippen molar-refractivity contribution in [2.75, 3.05) is 12.1 Å².